The Balaban J connectivity index is -0.000000256. The molecule has 0 spiro atoms. The van der Waals surface area contributed by atoms with Gasteiger partial charge >= 0.3 is 17.9 Å². The minimum atomic E-state index is -1.29. The third kappa shape index (κ3) is 15.8. The number of amides is 1. The van der Waals surface area contributed by atoms with Crippen molar-refractivity contribution in [1.82, 2.24) is 6.15 Å². The normalized spacial score (nSPS) is 11.9. The molecule has 0 aliphatic carbocycles. The fourth-order valence-corrected chi connectivity index (χ4v) is 0.579. The van der Waals surface area contributed by atoms with Crippen molar-refractivity contribution in [3.63, 3.8) is 0 Å². The number of hydrogen-bond donors (Lipinski definition) is 7. The van der Waals surface area contributed by atoms with Crippen molar-refractivity contribution < 1.29 is 34.5 Å². The van der Waals surface area contributed by atoms with E-state index in [2.05, 4.69) is 5.73 Å². The van der Waals surface area contributed by atoms with Crippen LogP contribution in [0, 0.1) is 0 Å². The largest absolute Gasteiger partial charge is 0.481 e. The Morgan fingerprint density at radius 1 is 0.842 bits per heavy atom. The van der Waals surface area contributed by atoms with E-state index in [-0.39, 0.29) is 12.6 Å². The van der Waals surface area contributed by atoms with Crippen LogP contribution < -0.4 is 23.4 Å². The van der Waals surface area contributed by atoms with Crippen LogP contribution in [0.5, 0.6) is 0 Å². The molecule has 2 atom stereocenters. The van der Waals surface area contributed by atoms with Gasteiger partial charge in [0.15, 0.2) is 0 Å². The molecule has 12 N–H and O–H groups in total. The van der Waals surface area contributed by atoms with Crippen LogP contribution in [0.25, 0.3) is 0 Å². The number of aliphatic carboxylic acids is 3. The van der Waals surface area contributed by atoms with E-state index in [9.17, 15) is 19.2 Å². The van der Waals surface area contributed by atoms with Gasteiger partial charge in [-0.15, -0.1) is 0 Å². The molecule has 0 radical (unpaired) electrons. The summed E-state index contributed by atoms with van der Waals surface area (Å²) in [7, 11) is 0. The van der Waals surface area contributed by atoms with Crippen LogP contribution in [-0.2, 0) is 19.2 Å². The van der Waals surface area contributed by atoms with Crippen molar-refractivity contribution in [1.29, 1.82) is 0 Å². The summed E-state index contributed by atoms with van der Waals surface area (Å²) in [6, 6.07) is -2.45. The van der Waals surface area contributed by atoms with Crippen molar-refractivity contribution in [2.24, 2.45) is 17.2 Å². The van der Waals surface area contributed by atoms with Gasteiger partial charge < -0.3 is 38.7 Å². The first kappa shape index (κ1) is 22.0. The van der Waals surface area contributed by atoms with Gasteiger partial charge in [0.2, 0.25) is 5.91 Å². The maximum Gasteiger partial charge on any atom is 0.321 e. The molecule has 0 saturated carbocycles. The lowest BCUT2D eigenvalue weighted by Gasteiger charge is -1.99. The number of carbonyl (C=O) groups excluding carboxylic acids is 1. The number of carbonyl (C=O) groups is 4. The molecule has 11 nitrogen and oxygen atoms in total. The topological polar surface area (TPSA) is 242 Å². The van der Waals surface area contributed by atoms with Crippen LogP contribution in [-0.4, -0.2) is 51.2 Å². The molecule has 19 heavy (non-hydrogen) atoms. The third-order valence-corrected chi connectivity index (χ3v) is 1.45. The summed E-state index contributed by atoms with van der Waals surface area (Å²) in [5.74, 6) is -4.42. The smallest absolute Gasteiger partial charge is 0.321 e. The van der Waals surface area contributed by atoms with Crippen molar-refractivity contribution in [2.75, 3.05) is 0 Å². The molecule has 0 saturated heterocycles. The van der Waals surface area contributed by atoms with Gasteiger partial charge in [-0.3, -0.25) is 19.2 Å². The maximum absolute atomic E-state index is 9.99. The van der Waals surface area contributed by atoms with Crippen LogP contribution in [0.1, 0.15) is 12.8 Å². The molecule has 0 aliphatic rings. The Bertz CT molecular complexity index is 301. The molecular weight excluding hydrogens is 264 g/mol. The van der Waals surface area contributed by atoms with Crippen molar-refractivity contribution >= 4 is 23.8 Å². The minimum Gasteiger partial charge on any atom is -0.481 e. The molecule has 112 valence electrons. The molecule has 0 rings (SSSR count). The quantitative estimate of drug-likeness (QED) is 0.265. The van der Waals surface area contributed by atoms with E-state index < -0.39 is 42.3 Å². The number of carboxylic acids is 3. The van der Waals surface area contributed by atoms with Crippen molar-refractivity contribution in [2.45, 2.75) is 24.9 Å². The number of hydrogen-bond acceptors (Lipinski definition) is 7. The van der Waals surface area contributed by atoms with Crippen LogP contribution >= 0.6 is 0 Å². The number of nitrogens with two attached hydrogens (primary N) is 3. The zero-order valence-electron chi connectivity index (χ0n) is 9.98. The molecule has 0 aliphatic heterocycles. The predicted octanol–water partition coefficient (Wildman–Crippen LogP) is -2.69. The maximum atomic E-state index is 9.99. The summed E-state index contributed by atoms with van der Waals surface area (Å²) in [5.41, 5.74) is 14.4. The summed E-state index contributed by atoms with van der Waals surface area (Å²) in [4.78, 5) is 39.5. The van der Waals surface area contributed by atoms with Gasteiger partial charge in [-0.2, -0.15) is 0 Å². The van der Waals surface area contributed by atoms with Crippen LogP contribution in [0.2, 0.25) is 0 Å². The highest BCUT2D eigenvalue weighted by Gasteiger charge is 2.14. The van der Waals surface area contributed by atoms with Crippen molar-refractivity contribution in [3.8, 4) is 0 Å². The first-order valence-corrected chi connectivity index (χ1v) is 4.54. The standard InChI is InChI=1S/C4H8N2O3.C4H7NO4.H3N/c2*5-2(4(8)9)1-3(6)7;/h2H,1,5H2,(H2,6,7)(H,8,9);2H,1,5H2,(H,6,7)(H,8,9);1H3. The average molecular weight is 282 g/mol. The highest BCUT2D eigenvalue weighted by molar-refractivity contribution is 5.83. The first-order valence-electron chi connectivity index (χ1n) is 4.54. The molecule has 0 aromatic rings. The Hall–Kier alpha value is -2.24. The zero-order chi connectivity index (χ0) is 14.9. The summed E-state index contributed by atoms with van der Waals surface area (Å²) in [6.07, 6.45) is -0.843. The second-order valence-electron chi connectivity index (χ2n) is 3.16. The van der Waals surface area contributed by atoms with Gasteiger partial charge in [-0.1, -0.05) is 0 Å². The van der Waals surface area contributed by atoms with Crippen LogP contribution in [0.4, 0.5) is 0 Å². The number of primary amides is 1. The molecule has 0 aromatic carbocycles. The van der Waals surface area contributed by atoms with E-state index in [1.807, 2.05) is 0 Å². The van der Waals surface area contributed by atoms with Gasteiger partial charge in [0.25, 0.3) is 0 Å². The molecule has 0 bridgehead atoms. The lowest BCUT2D eigenvalue weighted by atomic mass is 10.2. The first-order chi connectivity index (χ1) is 8.07. The highest BCUT2D eigenvalue weighted by atomic mass is 16.4. The average Bonchev–Trinajstić information content (AvgIpc) is 2.16. The Labute approximate surface area is 107 Å². The Kier molecular flexibility index (Phi) is 12.6. The Morgan fingerprint density at radius 3 is 1.26 bits per heavy atom. The second-order valence-corrected chi connectivity index (χ2v) is 3.16. The molecule has 0 heterocycles. The summed E-state index contributed by atoms with van der Waals surface area (Å²) in [6.45, 7) is 0. The second kappa shape index (κ2) is 10.9. The number of carboxylic acid groups (broad SMARTS) is 3. The van der Waals surface area contributed by atoms with Gasteiger partial charge in [-0.25, -0.2) is 0 Å². The van der Waals surface area contributed by atoms with E-state index in [1.54, 1.807) is 0 Å². The van der Waals surface area contributed by atoms with Gasteiger partial charge in [0.1, 0.15) is 12.1 Å². The monoisotopic (exact) mass is 282 g/mol. The molecule has 2 unspecified atom stereocenters. The molecule has 1 amide bonds. The summed E-state index contributed by atoms with van der Waals surface area (Å²) < 4.78 is 0. The van der Waals surface area contributed by atoms with E-state index in [1.165, 1.54) is 0 Å². The van der Waals surface area contributed by atoms with E-state index in [4.69, 9.17) is 26.8 Å². The van der Waals surface area contributed by atoms with Gasteiger partial charge in [0.05, 0.1) is 12.8 Å². The Morgan fingerprint density at radius 2 is 1.16 bits per heavy atom. The number of rotatable bonds is 6. The van der Waals surface area contributed by atoms with Crippen molar-refractivity contribution in [3.05, 3.63) is 0 Å². The van der Waals surface area contributed by atoms with Crippen LogP contribution in [0.15, 0.2) is 0 Å². The molecule has 0 aromatic heterocycles. The van der Waals surface area contributed by atoms with Crippen LogP contribution in [0.3, 0.4) is 0 Å². The predicted molar refractivity (Wildman–Crippen MR) is 62.3 cm³/mol. The molecule has 11 heteroatoms. The lowest BCUT2D eigenvalue weighted by Crippen LogP contribution is -2.34. The van der Waals surface area contributed by atoms with E-state index in [0.29, 0.717) is 0 Å². The SMILES string of the molecule is N.NC(=O)CC(N)C(=O)O.NC(CC(=O)O)C(=O)O. The summed E-state index contributed by atoms with van der Waals surface area (Å²) in [5, 5.41) is 24.1. The highest BCUT2D eigenvalue weighted by Crippen LogP contribution is 1.86. The fraction of sp³-hybridized carbons (Fsp3) is 0.500. The van der Waals surface area contributed by atoms with E-state index >= 15 is 0 Å². The van der Waals surface area contributed by atoms with E-state index in [0.717, 1.165) is 0 Å². The lowest BCUT2D eigenvalue weighted by molar-refractivity contribution is -0.144. The fourth-order valence-electron chi connectivity index (χ4n) is 0.579. The van der Waals surface area contributed by atoms with Gasteiger partial charge in [0, 0.05) is 0 Å². The minimum absolute atomic E-state index is 0. The molecular formula is C8H18N4O7. The molecule has 0 fully saturated rings. The van der Waals surface area contributed by atoms with Gasteiger partial charge in [-0.05, 0) is 0 Å². The zero-order valence-corrected chi connectivity index (χ0v) is 9.98. The summed E-state index contributed by atoms with van der Waals surface area (Å²) >= 11 is 0. The third-order valence-electron chi connectivity index (χ3n) is 1.45.